The molecule has 0 radical (unpaired) electrons. The van der Waals surface area contributed by atoms with Crippen LogP contribution in [-0.4, -0.2) is 36.3 Å². The Morgan fingerprint density at radius 1 is 1.28 bits per heavy atom. The summed E-state index contributed by atoms with van der Waals surface area (Å²) in [5, 5.41) is 7.91. The monoisotopic (exact) mass is 267 g/mol. The van der Waals surface area contributed by atoms with Gasteiger partial charge in [-0.25, -0.2) is 4.68 Å². The van der Waals surface area contributed by atoms with E-state index >= 15 is 0 Å². The molecule has 0 aliphatic carbocycles. The molecule has 96 valence electrons. The van der Waals surface area contributed by atoms with Crippen LogP contribution in [0.2, 0.25) is 0 Å². The number of nitrogens with zero attached hydrogens (tertiary/aromatic N) is 3. The molecule has 6 nitrogen and oxygen atoms in total. The summed E-state index contributed by atoms with van der Waals surface area (Å²) in [6.07, 6.45) is 3.18. The summed E-state index contributed by atoms with van der Waals surface area (Å²) < 4.78 is 27.8. The normalized spacial score (nSPS) is 11.6. The first-order valence-electron chi connectivity index (χ1n) is 5.36. The Bertz CT molecular complexity index is 607. The van der Waals surface area contributed by atoms with Crippen LogP contribution in [0.25, 0.3) is 5.69 Å². The van der Waals surface area contributed by atoms with Crippen molar-refractivity contribution in [2.75, 3.05) is 12.9 Å². The summed E-state index contributed by atoms with van der Waals surface area (Å²) in [5.41, 5.74) is 1.59. The van der Waals surface area contributed by atoms with Crippen molar-refractivity contribution in [1.29, 1.82) is 0 Å². The van der Waals surface area contributed by atoms with Crippen molar-refractivity contribution in [2.45, 2.75) is 6.42 Å². The average molecular weight is 267 g/mol. The van der Waals surface area contributed by atoms with Crippen LogP contribution in [0.4, 0.5) is 0 Å². The van der Waals surface area contributed by atoms with E-state index in [0.717, 1.165) is 11.9 Å². The quantitative estimate of drug-likeness (QED) is 0.749. The van der Waals surface area contributed by atoms with Gasteiger partial charge in [0.2, 0.25) is 0 Å². The van der Waals surface area contributed by atoms with E-state index in [1.54, 1.807) is 10.9 Å². The molecule has 2 rings (SSSR count). The molecule has 0 spiro atoms. The highest BCUT2D eigenvalue weighted by Gasteiger charge is 2.05. The summed E-state index contributed by atoms with van der Waals surface area (Å²) >= 11 is 0. The molecule has 2 aromatic rings. The zero-order chi connectivity index (χ0) is 13.0. The number of aromatic nitrogens is 3. The van der Waals surface area contributed by atoms with Crippen molar-refractivity contribution in [2.24, 2.45) is 0 Å². The smallest absolute Gasteiger partial charge is 0.264 e. The van der Waals surface area contributed by atoms with Crippen molar-refractivity contribution >= 4 is 10.1 Å². The van der Waals surface area contributed by atoms with E-state index in [9.17, 15) is 8.42 Å². The first-order chi connectivity index (χ1) is 8.54. The van der Waals surface area contributed by atoms with Gasteiger partial charge in [0.05, 0.1) is 30.4 Å². The minimum Gasteiger partial charge on any atom is -0.270 e. The van der Waals surface area contributed by atoms with Gasteiger partial charge in [0, 0.05) is 6.42 Å². The Labute approximate surface area is 105 Å². The number of para-hydroxylation sites is 1. The minimum absolute atomic E-state index is 0.0757. The van der Waals surface area contributed by atoms with Gasteiger partial charge in [-0.15, -0.1) is 5.10 Å². The molecule has 0 fully saturated rings. The van der Waals surface area contributed by atoms with Crippen molar-refractivity contribution in [1.82, 2.24) is 15.0 Å². The second-order valence-corrected chi connectivity index (χ2v) is 5.41. The highest BCUT2D eigenvalue weighted by atomic mass is 32.2. The highest BCUT2D eigenvalue weighted by Crippen LogP contribution is 2.06. The van der Waals surface area contributed by atoms with Gasteiger partial charge in [-0.05, 0) is 12.1 Å². The second kappa shape index (κ2) is 5.28. The van der Waals surface area contributed by atoms with Crippen molar-refractivity contribution in [3.05, 3.63) is 42.2 Å². The van der Waals surface area contributed by atoms with Gasteiger partial charge in [-0.2, -0.15) is 8.42 Å². The van der Waals surface area contributed by atoms with Gasteiger partial charge < -0.3 is 0 Å². The third kappa shape index (κ3) is 3.64. The molecular weight excluding hydrogens is 254 g/mol. The zero-order valence-electron chi connectivity index (χ0n) is 9.85. The molecule has 1 aromatic heterocycles. The summed E-state index contributed by atoms with van der Waals surface area (Å²) in [7, 11) is -3.39. The molecule has 0 saturated carbocycles. The lowest BCUT2D eigenvalue weighted by molar-refractivity contribution is 0.324. The van der Waals surface area contributed by atoms with Crippen LogP contribution >= 0.6 is 0 Å². The number of hydrogen-bond acceptors (Lipinski definition) is 5. The lowest BCUT2D eigenvalue weighted by Crippen LogP contribution is -2.06. The fourth-order valence-electron chi connectivity index (χ4n) is 1.42. The summed E-state index contributed by atoms with van der Waals surface area (Å²) in [4.78, 5) is 0. The predicted molar refractivity (Wildman–Crippen MR) is 65.9 cm³/mol. The van der Waals surface area contributed by atoms with E-state index in [1.807, 2.05) is 30.3 Å². The van der Waals surface area contributed by atoms with Gasteiger partial charge in [-0.3, -0.25) is 4.18 Å². The summed E-state index contributed by atoms with van der Waals surface area (Å²) in [6, 6.07) is 9.55. The minimum atomic E-state index is -3.39. The van der Waals surface area contributed by atoms with Crippen LogP contribution in [0, 0.1) is 0 Å². The maximum absolute atomic E-state index is 10.8. The Morgan fingerprint density at radius 2 is 2.00 bits per heavy atom. The van der Waals surface area contributed by atoms with Crippen LogP contribution in [-0.2, 0) is 20.7 Å². The van der Waals surface area contributed by atoms with Gasteiger partial charge in [0.1, 0.15) is 0 Å². The van der Waals surface area contributed by atoms with E-state index in [2.05, 4.69) is 14.5 Å². The maximum Gasteiger partial charge on any atom is 0.264 e. The molecule has 18 heavy (non-hydrogen) atoms. The number of rotatable bonds is 5. The van der Waals surface area contributed by atoms with E-state index in [-0.39, 0.29) is 6.61 Å². The molecule has 0 saturated heterocycles. The Morgan fingerprint density at radius 3 is 2.67 bits per heavy atom. The summed E-state index contributed by atoms with van der Waals surface area (Å²) in [6.45, 7) is 0.0757. The van der Waals surface area contributed by atoms with E-state index in [1.165, 1.54) is 0 Å². The molecule has 0 N–H and O–H groups in total. The lowest BCUT2D eigenvalue weighted by Gasteiger charge is -1.98. The second-order valence-electron chi connectivity index (χ2n) is 3.77. The maximum atomic E-state index is 10.8. The SMILES string of the molecule is CS(=O)(=O)OCCc1cn(-c2ccccc2)nn1. The van der Waals surface area contributed by atoms with Crippen LogP contribution in [0.3, 0.4) is 0 Å². The van der Waals surface area contributed by atoms with Crippen molar-refractivity contribution in [3.8, 4) is 5.69 Å². The third-order valence-electron chi connectivity index (χ3n) is 2.22. The molecule has 0 bridgehead atoms. The summed E-state index contributed by atoms with van der Waals surface area (Å²) in [5.74, 6) is 0. The Balaban J connectivity index is 1.99. The fraction of sp³-hybridized carbons (Fsp3) is 0.273. The molecule has 0 aliphatic rings. The number of benzene rings is 1. The number of hydrogen-bond donors (Lipinski definition) is 0. The average Bonchev–Trinajstić information content (AvgIpc) is 2.77. The van der Waals surface area contributed by atoms with Gasteiger partial charge in [-0.1, -0.05) is 23.4 Å². The molecule has 7 heteroatoms. The first kappa shape index (κ1) is 12.7. The van der Waals surface area contributed by atoms with Gasteiger partial charge in [0.25, 0.3) is 10.1 Å². The van der Waals surface area contributed by atoms with E-state index in [4.69, 9.17) is 0 Å². The van der Waals surface area contributed by atoms with Crippen molar-refractivity contribution in [3.63, 3.8) is 0 Å². The molecule has 0 amide bonds. The third-order valence-corrected chi connectivity index (χ3v) is 2.81. The Hall–Kier alpha value is -1.73. The van der Waals surface area contributed by atoms with Crippen LogP contribution in [0.5, 0.6) is 0 Å². The molecule has 1 aromatic carbocycles. The largest absolute Gasteiger partial charge is 0.270 e. The van der Waals surface area contributed by atoms with Crippen LogP contribution in [0.15, 0.2) is 36.5 Å². The molecule has 1 heterocycles. The van der Waals surface area contributed by atoms with Gasteiger partial charge >= 0.3 is 0 Å². The molecular formula is C11H13N3O3S. The first-order valence-corrected chi connectivity index (χ1v) is 7.17. The van der Waals surface area contributed by atoms with E-state index in [0.29, 0.717) is 12.1 Å². The van der Waals surface area contributed by atoms with E-state index < -0.39 is 10.1 Å². The predicted octanol–water partition coefficient (Wildman–Crippen LogP) is 0.786. The standard InChI is InChI=1S/C11H13N3O3S/c1-18(15,16)17-8-7-10-9-14(13-12-10)11-5-3-2-4-6-11/h2-6,9H,7-8H2,1H3. The highest BCUT2D eigenvalue weighted by molar-refractivity contribution is 7.85. The topological polar surface area (TPSA) is 74.1 Å². The fourth-order valence-corrected chi connectivity index (χ4v) is 1.80. The van der Waals surface area contributed by atoms with Crippen molar-refractivity contribution < 1.29 is 12.6 Å². The van der Waals surface area contributed by atoms with Crippen LogP contribution < -0.4 is 0 Å². The zero-order valence-corrected chi connectivity index (χ0v) is 10.7. The lowest BCUT2D eigenvalue weighted by atomic mass is 10.3. The molecule has 0 aliphatic heterocycles. The molecule has 0 atom stereocenters. The Kier molecular flexibility index (Phi) is 3.73. The van der Waals surface area contributed by atoms with Gasteiger partial charge in [0.15, 0.2) is 0 Å². The molecule has 0 unspecified atom stereocenters. The van der Waals surface area contributed by atoms with Crippen LogP contribution in [0.1, 0.15) is 5.69 Å².